The van der Waals surface area contributed by atoms with Gasteiger partial charge in [0.2, 0.25) is 0 Å². The fourth-order valence-corrected chi connectivity index (χ4v) is 1.17. The van der Waals surface area contributed by atoms with Crippen LogP contribution in [0.4, 0.5) is 24.5 Å². The first-order valence-electron chi connectivity index (χ1n) is 4.59. The maximum absolute atomic E-state index is 11.9. The van der Waals surface area contributed by atoms with Crippen LogP contribution in [0, 0.1) is 10.1 Å². The lowest BCUT2D eigenvalue weighted by atomic mass is 10.1. The van der Waals surface area contributed by atoms with E-state index in [1.54, 1.807) is 0 Å². The Balaban J connectivity index is 2.97. The van der Waals surface area contributed by atoms with E-state index in [1.165, 1.54) is 11.4 Å². The second-order valence-electron chi connectivity index (χ2n) is 3.33. The quantitative estimate of drug-likeness (QED) is 0.490. The van der Waals surface area contributed by atoms with E-state index in [9.17, 15) is 28.1 Å². The zero-order chi connectivity index (χ0) is 13.9. The maximum atomic E-state index is 11.9. The van der Waals surface area contributed by atoms with Gasteiger partial charge in [-0.1, -0.05) is 0 Å². The molecule has 0 saturated carbocycles. The molecule has 18 heavy (non-hydrogen) atoms. The van der Waals surface area contributed by atoms with Gasteiger partial charge in [-0.2, -0.15) is 13.2 Å². The Labute approximate surface area is 98.7 Å². The summed E-state index contributed by atoms with van der Waals surface area (Å²) in [6.07, 6.45) is -4.59. The second kappa shape index (κ2) is 4.90. The molecule has 1 rings (SSSR count). The van der Waals surface area contributed by atoms with Crippen LogP contribution >= 0.6 is 0 Å². The first-order valence-corrected chi connectivity index (χ1v) is 4.59. The van der Waals surface area contributed by atoms with Crippen molar-refractivity contribution in [2.75, 3.05) is 12.3 Å². The standard InChI is InChI=1S/C9H8F3N3O3/c10-9(11,12)4-14-8(16)6-3-5(13)1-2-7(6)15(17)18/h1-3H,4,13H2,(H,14,16). The van der Waals surface area contributed by atoms with E-state index < -0.39 is 34.8 Å². The van der Waals surface area contributed by atoms with Crippen LogP contribution < -0.4 is 11.1 Å². The van der Waals surface area contributed by atoms with Gasteiger partial charge in [-0.25, -0.2) is 0 Å². The minimum Gasteiger partial charge on any atom is -0.399 e. The molecule has 0 saturated heterocycles. The molecule has 0 bridgehead atoms. The highest BCUT2D eigenvalue weighted by molar-refractivity contribution is 5.99. The van der Waals surface area contributed by atoms with Crippen LogP contribution in [-0.2, 0) is 0 Å². The van der Waals surface area contributed by atoms with Crippen molar-refractivity contribution in [3.05, 3.63) is 33.9 Å². The number of carbonyl (C=O) groups excluding carboxylic acids is 1. The molecule has 9 heteroatoms. The molecule has 0 aromatic heterocycles. The van der Waals surface area contributed by atoms with E-state index in [-0.39, 0.29) is 5.69 Å². The van der Waals surface area contributed by atoms with Crippen molar-refractivity contribution in [1.82, 2.24) is 5.32 Å². The fourth-order valence-electron chi connectivity index (χ4n) is 1.17. The molecule has 0 unspecified atom stereocenters. The van der Waals surface area contributed by atoms with Crippen molar-refractivity contribution in [2.45, 2.75) is 6.18 Å². The van der Waals surface area contributed by atoms with Gasteiger partial charge in [0.15, 0.2) is 0 Å². The van der Waals surface area contributed by atoms with Crippen molar-refractivity contribution >= 4 is 17.3 Å². The van der Waals surface area contributed by atoms with Crippen molar-refractivity contribution in [1.29, 1.82) is 0 Å². The number of nitrogen functional groups attached to an aromatic ring is 1. The summed E-state index contributed by atoms with van der Waals surface area (Å²) in [5, 5.41) is 12.1. The Morgan fingerprint density at radius 3 is 2.56 bits per heavy atom. The zero-order valence-corrected chi connectivity index (χ0v) is 8.82. The van der Waals surface area contributed by atoms with Crippen molar-refractivity contribution < 1.29 is 22.9 Å². The minimum atomic E-state index is -4.59. The Hall–Kier alpha value is -2.32. The van der Waals surface area contributed by atoms with Crippen molar-refractivity contribution in [3.8, 4) is 0 Å². The molecule has 1 aromatic rings. The molecule has 0 aliphatic carbocycles. The number of nitrogens with two attached hydrogens (primary N) is 1. The molecule has 0 spiro atoms. The number of rotatable bonds is 3. The van der Waals surface area contributed by atoms with Gasteiger partial charge in [0.05, 0.1) is 4.92 Å². The molecule has 1 aromatic carbocycles. The average molecular weight is 263 g/mol. The lowest BCUT2D eigenvalue weighted by Crippen LogP contribution is -2.34. The number of amides is 1. The van der Waals surface area contributed by atoms with Crippen LogP contribution in [0.15, 0.2) is 18.2 Å². The van der Waals surface area contributed by atoms with Crippen LogP contribution in [0.3, 0.4) is 0 Å². The summed E-state index contributed by atoms with van der Waals surface area (Å²) in [6, 6.07) is 3.08. The van der Waals surface area contributed by atoms with Crippen LogP contribution in [0.2, 0.25) is 0 Å². The van der Waals surface area contributed by atoms with Crippen molar-refractivity contribution in [2.24, 2.45) is 0 Å². The van der Waals surface area contributed by atoms with E-state index in [2.05, 4.69) is 0 Å². The van der Waals surface area contributed by atoms with Gasteiger partial charge in [-0.05, 0) is 12.1 Å². The van der Waals surface area contributed by atoms with E-state index in [0.29, 0.717) is 0 Å². The summed E-state index contributed by atoms with van der Waals surface area (Å²) < 4.78 is 35.7. The van der Waals surface area contributed by atoms with Gasteiger partial charge in [0, 0.05) is 11.8 Å². The number of hydrogen-bond acceptors (Lipinski definition) is 4. The number of benzene rings is 1. The molecule has 1 amide bonds. The second-order valence-corrected chi connectivity index (χ2v) is 3.33. The van der Waals surface area contributed by atoms with Crippen LogP contribution in [0.1, 0.15) is 10.4 Å². The smallest absolute Gasteiger partial charge is 0.399 e. The highest BCUT2D eigenvalue weighted by Gasteiger charge is 2.29. The lowest BCUT2D eigenvalue weighted by molar-refractivity contribution is -0.385. The molecule has 3 N–H and O–H groups in total. The number of nitro groups is 1. The summed E-state index contributed by atoms with van der Waals surface area (Å²) in [5.74, 6) is -1.20. The Morgan fingerprint density at radius 2 is 2.06 bits per heavy atom. The van der Waals surface area contributed by atoms with Crippen LogP contribution in [-0.4, -0.2) is 23.6 Å². The number of nitrogens with zero attached hydrogens (tertiary/aromatic N) is 1. The van der Waals surface area contributed by atoms with E-state index in [4.69, 9.17) is 5.73 Å². The molecule has 0 heterocycles. The summed E-state index contributed by atoms with van der Waals surface area (Å²) in [4.78, 5) is 21.1. The molecule has 98 valence electrons. The molecular weight excluding hydrogens is 255 g/mol. The number of hydrogen-bond donors (Lipinski definition) is 2. The van der Waals surface area contributed by atoms with E-state index in [0.717, 1.165) is 12.1 Å². The third-order valence-corrected chi connectivity index (χ3v) is 1.91. The highest BCUT2D eigenvalue weighted by Crippen LogP contribution is 2.21. The van der Waals surface area contributed by atoms with Gasteiger partial charge in [-0.3, -0.25) is 14.9 Å². The van der Waals surface area contributed by atoms with Gasteiger partial charge >= 0.3 is 6.18 Å². The summed E-state index contributed by atoms with van der Waals surface area (Å²) in [6.45, 7) is -1.57. The highest BCUT2D eigenvalue weighted by atomic mass is 19.4. The third-order valence-electron chi connectivity index (χ3n) is 1.91. The number of nitrogens with one attached hydrogen (secondary N) is 1. The predicted octanol–water partition coefficient (Wildman–Crippen LogP) is 1.47. The SMILES string of the molecule is Nc1ccc([N+](=O)[O-])c(C(=O)NCC(F)(F)F)c1. The largest absolute Gasteiger partial charge is 0.405 e. The Kier molecular flexibility index (Phi) is 3.74. The average Bonchev–Trinajstić information content (AvgIpc) is 2.24. The summed E-state index contributed by atoms with van der Waals surface area (Å²) in [7, 11) is 0. The van der Waals surface area contributed by atoms with E-state index in [1.807, 2.05) is 0 Å². The third kappa shape index (κ3) is 3.61. The summed E-state index contributed by atoms with van der Waals surface area (Å²) >= 11 is 0. The molecule has 0 radical (unpaired) electrons. The van der Waals surface area contributed by atoms with Crippen LogP contribution in [0.25, 0.3) is 0 Å². The minimum absolute atomic E-state index is 0.0396. The number of carbonyl (C=O) groups is 1. The predicted molar refractivity (Wildman–Crippen MR) is 55.9 cm³/mol. The van der Waals surface area contributed by atoms with Gasteiger partial charge in [0.1, 0.15) is 12.1 Å². The van der Waals surface area contributed by atoms with Gasteiger partial charge < -0.3 is 11.1 Å². The first-order chi connectivity index (χ1) is 8.20. The van der Waals surface area contributed by atoms with Crippen molar-refractivity contribution in [3.63, 3.8) is 0 Å². The van der Waals surface area contributed by atoms with Gasteiger partial charge in [0.25, 0.3) is 11.6 Å². The molecule has 0 atom stereocenters. The Morgan fingerprint density at radius 1 is 1.44 bits per heavy atom. The van der Waals surface area contributed by atoms with Crippen LogP contribution in [0.5, 0.6) is 0 Å². The molecule has 0 fully saturated rings. The molecular formula is C9H8F3N3O3. The van der Waals surface area contributed by atoms with Gasteiger partial charge in [-0.15, -0.1) is 0 Å². The number of nitro benzene ring substituents is 1. The summed E-state index contributed by atoms with van der Waals surface area (Å²) in [5.41, 5.74) is 4.24. The molecule has 0 aliphatic rings. The normalized spacial score (nSPS) is 11.1. The first kappa shape index (κ1) is 13.7. The Bertz CT molecular complexity index is 488. The number of anilines is 1. The fraction of sp³-hybridized carbons (Fsp3) is 0.222. The zero-order valence-electron chi connectivity index (χ0n) is 8.82. The monoisotopic (exact) mass is 263 g/mol. The molecule has 0 aliphatic heterocycles. The topological polar surface area (TPSA) is 98.3 Å². The lowest BCUT2D eigenvalue weighted by Gasteiger charge is -2.08. The van der Waals surface area contributed by atoms with E-state index >= 15 is 0 Å². The number of alkyl halides is 3. The molecule has 6 nitrogen and oxygen atoms in total. The maximum Gasteiger partial charge on any atom is 0.405 e. The number of halogens is 3.